The van der Waals surface area contributed by atoms with E-state index in [2.05, 4.69) is 28.6 Å². The molecule has 0 fully saturated rings. The lowest BCUT2D eigenvalue weighted by Crippen LogP contribution is -2.10. The molecule has 0 aliphatic rings. The Balaban J connectivity index is 2.16. The predicted molar refractivity (Wildman–Crippen MR) is 89.8 cm³/mol. The Morgan fingerprint density at radius 3 is 2.86 bits per heavy atom. The number of rotatable bonds is 4. The lowest BCUT2D eigenvalue weighted by Gasteiger charge is -2.15. The van der Waals surface area contributed by atoms with Crippen LogP contribution in [0.4, 0.5) is 0 Å². The van der Waals surface area contributed by atoms with Gasteiger partial charge in [-0.25, -0.2) is 9.97 Å². The van der Waals surface area contributed by atoms with Gasteiger partial charge in [0.2, 0.25) is 0 Å². The third-order valence-corrected chi connectivity index (χ3v) is 5.04. The fraction of sp³-hybridized carbons (Fsp3) is 0.333. The smallest absolute Gasteiger partial charge is 0.160 e. The van der Waals surface area contributed by atoms with E-state index in [-0.39, 0.29) is 6.04 Å². The van der Waals surface area contributed by atoms with Gasteiger partial charge in [-0.1, -0.05) is 11.6 Å². The molecule has 0 aliphatic carbocycles. The van der Waals surface area contributed by atoms with Gasteiger partial charge in [0.1, 0.15) is 11.3 Å². The SMILES string of the molecule is Cc1cnc2c(c1)nc(CCCl)n2C(C)c1ccc(Cl)s1. The molecule has 0 saturated heterocycles. The molecular weight excluding hydrogens is 325 g/mol. The van der Waals surface area contributed by atoms with Gasteiger partial charge in [0.25, 0.3) is 0 Å². The summed E-state index contributed by atoms with van der Waals surface area (Å²) in [5.41, 5.74) is 2.93. The third-order valence-electron chi connectivity index (χ3n) is 3.45. The number of halogens is 2. The van der Waals surface area contributed by atoms with Crippen LogP contribution in [0.1, 0.15) is 29.2 Å². The molecule has 3 aromatic heterocycles. The molecule has 0 aliphatic heterocycles. The highest BCUT2D eigenvalue weighted by atomic mass is 35.5. The highest BCUT2D eigenvalue weighted by Gasteiger charge is 2.19. The van der Waals surface area contributed by atoms with Gasteiger partial charge in [-0.15, -0.1) is 22.9 Å². The van der Waals surface area contributed by atoms with Crippen LogP contribution in [0, 0.1) is 6.92 Å². The van der Waals surface area contributed by atoms with Crippen LogP contribution in [0.3, 0.4) is 0 Å². The maximum atomic E-state index is 6.06. The summed E-state index contributed by atoms with van der Waals surface area (Å²) in [5.74, 6) is 1.51. The number of nitrogens with zero attached hydrogens (tertiary/aromatic N) is 3. The summed E-state index contributed by atoms with van der Waals surface area (Å²) < 4.78 is 2.96. The molecule has 3 nitrogen and oxygen atoms in total. The van der Waals surface area contributed by atoms with Gasteiger partial charge in [0.15, 0.2) is 5.65 Å². The van der Waals surface area contributed by atoms with Crippen LogP contribution in [0.25, 0.3) is 11.2 Å². The Morgan fingerprint density at radius 2 is 2.19 bits per heavy atom. The quantitative estimate of drug-likeness (QED) is 0.636. The Labute approximate surface area is 137 Å². The van der Waals surface area contributed by atoms with E-state index in [9.17, 15) is 0 Å². The fourth-order valence-electron chi connectivity index (χ4n) is 2.48. The fourth-order valence-corrected chi connectivity index (χ4v) is 3.75. The lowest BCUT2D eigenvalue weighted by molar-refractivity contribution is 0.628. The maximum absolute atomic E-state index is 6.06. The Hall–Kier alpha value is -1.10. The highest BCUT2D eigenvalue weighted by molar-refractivity contribution is 7.16. The Kier molecular flexibility index (Phi) is 4.20. The van der Waals surface area contributed by atoms with Crippen molar-refractivity contribution in [2.75, 3.05) is 5.88 Å². The minimum absolute atomic E-state index is 0.140. The predicted octanol–water partition coefficient (Wildman–Crippen LogP) is 4.85. The second-order valence-corrected chi connectivity index (χ2v) is 7.13. The molecule has 0 amide bonds. The molecule has 0 spiro atoms. The number of alkyl halides is 1. The van der Waals surface area contributed by atoms with Crippen molar-refractivity contribution >= 4 is 45.7 Å². The Bertz CT molecular complexity index is 778. The molecule has 0 bridgehead atoms. The highest BCUT2D eigenvalue weighted by Crippen LogP contribution is 2.32. The molecular formula is C15H15Cl2N3S. The van der Waals surface area contributed by atoms with Crippen LogP contribution >= 0.6 is 34.5 Å². The molecule has 21 heavy (non-hydrogen) atoms. The first-order valence-electron chi connectivity index (χ1n) is 6.75. The molecule has 0 aromatic carbocycles. The van der Waals surface area contributed by atoms with E-state index < -0.39 is 0 Å². The number of thiophene rings is 1. The van der Waals surface area contributed by atoms with Crippen molar-refractivity contribution in [1.82, 2.24) is 14.5 Å². The largest absolute Gasteiger partial charge is 0.304 e. The van der Waals surface area contributed by atoms with Crippen LogP contribution in [0.15, 0.2) is 24.4 Å². The second-order valence-electron chi connectivity index (χ2n) is 5.01. The third kappa shape index (κ3) is 2.80. The topological polar surface area (TPSA) is 30.7 Å². The minimum Gasteiger partial charge on any atom is -0.304 e. The number of fused-ring (bicyclic) bond motifs is 1. The van der Waals surface area contributed by atoms with E-state index in [0.717, 1.165) is 33.3 Å². The number of pyridine rings is 1. The average Bonchev–Trinajstić information content (AvgIpc) is 3.01. The van der Waals surface area contributed by atoms with Gasteiger partial charge in [0.05, 0.1) is 10.4 Å². The van der Waals surface area contributed by atoms with Crippen LogP contribution < -0.4 is 0 Å². The van der Waals surface area contributed by atoms with E-state index in [4.69, 9.17) is 28.2 Å². The molecule has 3 rings (SSSR count). The summed E-state index contributed by atoms with van der Waals surface area (Å²) in [6, 6.07) is 6.18. The van der Waals surface area contributed by atoms with Crippen molar-refractivity contribution in [3.05, 3.63) is 45.0 Å². The van der Waals surface area contributed by atoms with Crippen molar-refractivity contribution in [2.45, 2.75) is 26.3 Å². The zero-order valence-electron chi connectivity index (χ0n) is 11.8. The van der Waals surface area contributed by atoms with Gasteiger partial charge in [-0.2, -0.15) is 0 Å². The van der Waals surface area contributed by atoms with E-state index >= 15 is 0 Å². The number of hydrogen-bond acceptors (Lipinski definition) is 3. The van der Waals surface area contributed by atoms with Crippen molar-refractivity contribution < 1.29 is 0 Å². The van der Waals surface area contributed by atoms with Gasteiger partial charge in [-0.3, -0.25) is 0 Å². The molecule has 0 saturated carbocycles. The molecule has 110 valence electrons. The van der Waals surface area contributed by atoms with Crippen LogP contribution in [-0.2, 0) is 6.42 Å². The standard InChI is InChI=1S/C15H15Cl2N3S/c1-9-7-11-15(18-8-9)20(14(19-11)5-6-16)10(2)12-3-4-13(17)21-12/h3-4,7-8,10H,5-6H2,1-2H3. The maximum Gasteiger partial charge on any atom is 0.160 e. The zero-order chi connectivity index (χ0) is 15.0. The number of imidazole rings is 1. The summed E-state index contributed by atoms with van der Waals surface area (Å²) in [6.07, 6.45) is 2.60. The van der Waals surface area contributed by atoms with Crippen molar-refractivity contribution in [3.63, 3.8) is 0 Å². The molecule has 3 aromatic rings. The molecule has 1 atom stereocenters. The number of hydrogen-bond donors (Lipinski definition) is 0. The van der Waals surface area contributed by atoms with Crippen LogP contribution in [-0.4, -0.2) is 20.4 Å². The summed E-state index contributed by atoms with van der Waals surface area (Å²) in [5, 5.41) is 0. The lowest BCUT2D eigenvalue weighted by atomic mass is 10.2. The van der Waals surface area contributed by atoms with E-state index in [0.29, 0.717) is 5.88 Å². The second kappa shape index (κ2) is 5.95. The number of aryl methyl sites for hydroxylation is 2. The molecule has 0 N–H and O–H groups in total. The van der Waals surface area contributed by atoms with E-state index in [1.165, 1.54) is 4.88 Å². The van der Waals surface area contributed by atoms with Crippen molar-refractivity contribution in [3.8, 4) is 0 Å². The summed E-state index contributed by atoms with van der Waals surface area (Å²) in [4.78, 5) is 10.5. The number of aromatic nitrogens is 3. The van der Waals surface area contributed by atoms with Gasteiger partial charge < -0.3 is 4.57 Å². The van der Waals surface area contributed by atoms with Crippen molar-refractivity contribution in [2.24, 2.45) is 0 Å². The molecule has 3 heterocycles. The summed E-state index contributed by atoms with van der Waals surface area (Å²) in [7, 11) is 0. The normalized spacial score (nSPS) is 13.0. The summed E-state index contributed by atoms with van der Waals surface area (Å²) >= 11 is 13.6. The van der Waals surface area contributed by atoms with Crippen LogP contribution in [0.5, 0.6) is 0 Å². The monoisotopic (exact) mass is 339 g/mol. The summed E-state index contributed by atoms with van der Waals surface area (Å²) in [6.45, 7) is 4.16. The molecule has 0 radical (unpaired) electrons. The molecule has 1 unspecified atom stereocenters. The van der Waals surface area contributed by atoms with E-state index in [1.807, 2.05) is 19.2 Å². The minimum atomic E-state index is 0.140. The van der Waals surface area contributed by atoms with E-state index in [1.54, 1.807) is 11.3 Å². The van der Waals surface area contributed by atoms with Crippen molar-refractivity contribution in [1.29, 1.82) is 0 Å². The van der Waals surface area contributed by atoms with Crippen LogP contribution in [0.2, 0.25) is 4.34 Å². The van der Waals surface area contributed by atoms with Gasteiger partial charge in [-0.05, 0) is 37.6 Å². The first-order chi connectivity index (χ1) is 10.1. The van der Waals surface area contributed by atoms with Gasteiger partial charge in [0, 0.05) is 23.4 Å². The first kappa shape index (κ1) is 14.8. The first-order valence-corrected chi connectivity index (χ1v) is 8.47. The van der Waals surface area contributed by atoms with Gasteiger partial charge >= 0.3 is 0 Å². The molecule has 6 heteroatoms. The Morgan fingerprint density at radius 1 is 1.38 bits per heavy atom. The average molecular weight is 340 g/mol. The zero-order valence-corrected chi connectivity index (χ0v) is 14.1.